The third-order valence-corrected chi connectivity index (χ3v) is 2.54. The van der Waals surface area contributed by atoms with Crippen LogP contribution in [0.2, 0.25) is 0 Å². The molecule has 0 saturated carbocycles. The molecule has 0 spiro atoms. The van der Waals surface area contributed by atoms with Crippen molar-refractivity contribution in [3.05, 3.63) is 34.0 Å². The van der Waals surface area contributed by atoms with E-state index in [1.807, 2.05) is 13.8 Å². The number of benzene rings is 1. The van der Waals surface area contributed by atoms with Crippen LogP contribution in [0.25, 0.3) is 0 Å². The minimum Gasteiger partial charge on any atom is -0.259 e. The van der Waals surface area contributed by atoms with Crippen molar-refractivity contribution in [1.29, 1.82) is 0 Å². The SMILES string of the molecule is CC.CCc1ccc(CC)c2c1=NCN=2. The Balaban J connectivity index is 0.000000531. The minimum atomic E-state index is 0.624. The quantitative estimate of drug-likeness (QED) is 0.704. The van der Waals surface area contributed by atoms with Gasteiger partial charge in [0.05, 0.1) is 10.7 Å². The van der Waals surface area contributed by atoms with Crippen LogP contribution < -0.4 is 10.7 Å². The maximum absolute atomic E-state index is 4.41. The van der Waals surface area contributed by atoms with Crippen molar-refractivity contribution in [3.8, 4) is 0 Å². The zero-order chi connectivity index (χ0) is 11.3. The molecule has 0 saturated heterocycles. The van der Waals surface area contributed by atoms with E-state index < -0.39 is 0 Å². The average Bonchev–Trinajstić information content (AvgIpc) is 2.79. The summed E-state index contributed by atoms with van der Waals surface area (Å²) in [4.78, 5) is 8.82. The highest BCUT2D eigenvalue weighted by Crippen LogP contribution is 1.98. The molecule has 2 nitrogen and oxygen atoms in total. The molecule has 15 heavy (non-hydrogen) atoms. The van der Waals surface area contributed by atoms with E-state index in [0.717, 1.165) is 23.6 Å². The van der Waals surface area contributed by atoms with E-state index in [4.69, 9.17) is 0 Å². The Morgan fingerprint density at radius 2 is 1.33 bits per heavy atom. The molecule has 0 bridgehead atoms. The van der Waals surface area contributed by atoms with Crippen LogP contribution >= 0.6 is 0 Å². The summed E-state index contributed by atoms with van der Waals surface area (Å²) in [6.45, 7) is 8.95. The number of rotatable bonds is 2. The molecule has 1 aromatic carbocycles. The van der Waals surface area contributed by atoms with Gasteiger partial charge in [0.1, 0.15) is 6.67 Å². The smallest absolute Gasteiger partial charge is 0.130 e. The lowest BCUT2D eigenvalue weighted by Crippen LogP contribution is -2.29. The van der Waals surface area contributed by atoms with Crippen molar-refractivity contribution < 1.29 is 0 Å². The average molecular weight is 204 g/mol. The Labute approximate surface area is 91.8 Å². The fourth-order valence-corrected chi connectivity index (χ4v) is 1.76. The second-order valence-electron chi connectivity index (χ2n) is 3.25. The summed E-state index contributed by atoms with van der Waals surface area (Å²) >= 11 is 0. The first-order valence-electron chi connectivity index (χ1n) is 5.86. The molecule has 1 heterocycles. The second-order valence-corrected chi connectivity index (χ2v) is 3.25. The zero-order valence-electron chi connectivity index (χ0n) is 10.2. The van der Waals surface area contributed by atoms with E-state index in [2.05, 4.69) is 36.0 Å². The van der Waals surface area contributed by atoms with Gasteiger partial charge in [0.25, 0.3) is 0 Å². The molecule has 0 aliphatic carbocycles. The lowest BCUT2D eigenvalue weighted by atomic mass is 10.1. The van der Waals surface area contributed by atoms with Gasteiger partial charge in [0.15, 0.2) is 0 Å². The molecule has 0 radical (unpaired) electrons. The van der Waals surface area contributed by atoms with E-state index in [1.54, 1.807) is 0 Å². The highest BCUT2D eigenvalue weighted by molar-refractivity contribution is 5.23. The van der Waals surface area contributed by atoms with Gasteiger partial charge in [-0.2, -0.15) is 0 Å². The highest BCUT2D eigenvalue weighted by atomic mass is 15.0. The van der Waals surface area contributed by atoms with E-state index in [9.17, 15) is 0 Å². The summed E-state index contributed by atoms with van der Waals surface area (Å²) in [5, 5.41) is 2.28. The largest absolute Gasteiger partial charge is 0.259 e. The maximum Gasteiger partial charge on any atom is 0.130 e. The fourth-order valence-electron chi connectivity index (χ4n) is 1.76. The van der Waals surface area contributed by atoms with Crippen LogP contribution in [0.4, 0.5) is 0 Å². The number of nitrogens with zero attached hydrogens (tertiary/aromatic N) is 2. The molecule has 1 aliphatic heterocycles. The van der Waals surface area contributed by atoms with E-state index in [-0.39, 0.29) is 0 Å². The monoisotopic (exact) mass is 204 g/mol. The number of hydrogen-bond acceptors (Lipinski definition) is 2. The molecular formula is C13H20N2. The lowest BCUT2D eigenvalue weighted by molar-refractivity contribution is 1.04. The molecule has 0 N–H and O–H groups in total. The molecule has 0 fully saturated rings. The third kappa shape index (κ3) is 2.25. The number of aryl methyl sites for hydroxylation is 2. The summed E-state index contributed by atoms with van der Waals surface area (Å²) in [5.41, 5.74) is 2.65. The fraction of sp³-hybridized carbons (Fsp3) is 0.538. The van der Waals surface area contributed by atoms with Crippen LogP contribution in [0.5, 0.6) is 0 Å². The summed E-state index contributed by atoms with van der Waals surface area (Å²) < 4.78 is 0. The Morgan fingerprint density at radius 3 is 1.67 bits per heavy atom. The van der Waals surface area contributed by atoms with Crippen molar-refractivity contribution in [1.82, 2.24) is 0 Å². The molecule has 82 valence electrons. The number of hydrogen-bond donors (Lipinski definition) is 0. The van der Waals surface area contributed by atoms with Crippen molar-refractivity contribution in [2.75, 3.05) is 6.67 Å². The van der Waals surface area contributed by atoms with Gasteiger partial charge < -0.3 is 0 Å². The first-order valence-corrected chi connectivity index (χ1v) is 5.86. The van der Waals surface area contributed by atoms with Crippen LogP contribution in [0.15, 0.2) is 22.1 Å². The van der Waals surface area contributed by atoms with Crippen LogP contribution in [-0.2, 0) is 12.8 Å². The van der Waals surface area contributed by atoms with Crippen molar-refractivity contribution in [3.63, 3.8) is 0 Å². The van der Waals surface area contributed by atoms with Crippen LogP contribution in [-0.4, -0.2) is 6.67 Å². The second kappa shape index (κ2) is 5.64. The summed E-state index contributed by atoms with van der Waals surface area (Å²) in [5.74, 6) is 0. The zero-order valence-corrected chi connectivity index (χ0v) is 10.2. The standard InChI is InChI=1S/C11H14N2.C2H6/c1-3-8-5-6-9(4-2)11-10(8)12-7-13-11;1-2/h5-6H,3-4,7H2,1-2H3;1-2H3. The number of fused-ring (bicyclic) bond motifs is 1. The van der Waals surface area contributed by atoms with E-state index >= 15 is 0 Å². The highest BCUT2D eigenvalue weighted by Gasteiger charge is 2.05. The van der Waals surface area contributed by atoms with Gasteiger partial charge in [-0.3, -0.25) is 9.98 Å². The molecule has 0 aromatic heterocycles. The van der Waals surface area contributed by atoms with Gasteiger partial charge in [-0.15, -0.1) is 0 Å². The molecule has 2 rings (SSSR count). The van der Waals surface area contributed by atoms with Gasteiger partial charge in [-0.1, -0.05) is 39.8 Å². The summed E-state index contributed by atoms with van der Waals surface area (Å²) in [6.07, 6.45) is 2.09. The molecular weight excluding hydrogens is 184 g/mol. The predicted molar refractivity (Wildman–Crippen MR) is 63.7 cm³/mol. The molecule has 1 aromatic rings. The molecule has 1 aliphatic rings. The summed E-state index contributed by atoms with van der Waals surface area (Å²) in [7, 11) is 0. The topological polar surface area (TPSA) is 24.7 Å². The predicted octanol–water partition coefficient (Wildman–Crippen LogP) is 2.05. The van der Waals surface area contributed by atoms with Crippen LogP contribution in [0.3, 0.4) is 0 Å². The summed E-state index contributed by atoms with van der Waals surface area (Å²) in [6, 6.07) is 4.37. The molecule has 0 atom stereocenters. The minimum absolute atomic E-state index is 0.624. The molecule has 0 unspecified atom stereocenters. The van der Waals surface area contributed by atoms with Crippen molar-refractivity contribution in [2.45, 2.75) is 40.5 Å². The van der Waals surface area contributed by atoms with Gasteiger partial charge in [0.2, 0.25) is 0 Å². The molecule has 2 heteroatoms. The van der Waals surface area contributed by atoms with Gasteiger partial charge >= 0.3 is 0 Å². The third-order valence-electron chi connectivity index (χ3n) is 2.54. The van der Waals surface area contributed by atoms with Crippen LogP contribution in [0.1, 0.15) is 38.8 Å². The van der Waals surface area contributed by atoms with Crippen molar-refractivity contribution >= 4 is 0 Å². The Kier molecular flexibility index (Phi) is 4.47. The Morgan fingerprint density at radius 1 is 0.933 bits per heavy atom. The maximum atomic E-state index is 4.41. The lowest BCUT2D eigenvalue weighted by Gasteiger charge is -1.99. The Bertz CT molecular complexity index is 392. The van der Waals surface area contributed by atoms with Gasteiger partial charge in [-0.05, 0) is 24.0 Å². The first-order chi connectivity index (χ1) is 7.36. The van der Waals surface area contributed by atoms with E-state index in [1.165, 1.54) is 11.1 Å². The van der Waals surface area contributed by atoms with E-state index in [0.29, 0.717) is 6.67 Å². The normalized spacial score (nSPS) is 12.0. The van der Waals surface area contributed by atoms with Crippen molar-refractivity contribution in [2.24, 2.45) is 9.98 Å². The van der Waals surface area contributed by atoms with Crippen LogP contribution in [0, 0.1) is 0 Å². The van der Waals surface area contributed by atoms with Gasteiger partial charge in [0, 0.05) is 0 Å². The Hall–Kier alpha value is -1.18. The molecule has 0 amide bonds. The first kappa shape index (κ1) is 11.9. The van der Waals surface area contributed by atoms with Gasteiger partial charge in [-0.25, -0.2) is 0 Å².